The number of hydrogen-bond acceptors (Lipinski definition) is 3. The normalized spacial score (nSPS) is 24.9. The minimum atomic E-state index is -0.532. The molecule has 0 saturated carbocycles. The van der Waals surface area contributed by atoms with Gasteiger partial charge in [0.25, 0.3) is 0 Å². The van der Waals surface area contributed by atoms with Crippen LogP contribution in [0.1, 0.15) is 24.6 Å². The Balaban J connectivity index is 2.12. The number of nitrogens with zero attached hydrogens (tertiary/aromatic N) is 2. The van der Waals surface area contributed by atoms with Crippen LogP contribution in [0.3, 0.4) is 0 Å². The standard InChI is InChI=1S/C9H14N2O2/c1-11-6-10-5-7(11)9(12)8-3-2-4-13-8/h5-6,8-9,12H,2-4H2,1H3. The maximum atomic E-state index is 9.90. The van der Waals surface area contributed by atoms with Crippen molar-refractivity contribution in [3.63, 3.8) is 0 Å². The third kappa shape index (κ3) is 1.59. The zero-order chi connectivity index (χ0) is 9.26. The van der Waals surface area contributed by atoms with Crippen LogP contribution >= 0.6 is 0 Å². The van der Waals surface area contributed by atoms with Gasteiger partial charge in [-0.2, -0.15) is 0 Å². The maximum Gasteiger partial charge on any atom is 0.122 e. The molecule has 4 heteroatoms. The van der Waals surface area contributed by atoms with Crippen molar-refractivity contribution >= 4 is 0 Å². The highest BCUT2D eigenvalue weighted by atomic mass is 16.5. The van der Waals surface area contributed by atoms with Crippen molar-refractivity contribution in [3.8, 4) is 0 Å². The molecule has 1 aromatic heterocycles. The van der Waals surface area contributed by atoms with Gasteiger partial charge in [0.05, 0.1) is 24.3 Å². The van der Waals surface area contributed by atoms with Crippen molar-refractivity contribution < 1.29 is 9.84 Å². The maximum absolute atomic E-state index is 9.90. The molecule has 1 N–H and O–H groups in total. The molecule has 0 radical (unpaired) electrons. The minimum absolute atomic E-state index is 0.0459. The first kappa shape index (κ1) is 8.72. The molecule has 0 bridgehead atoms. The van der Waals surface area contributed by atoms with E-state index in [1.54, 1.807) is 12.5 Å². The fourth-order valence-corrected chi connectivity index (χ4v) is 1.69. The zero-order valence-electron chi connectivity index (χ0n) is 7.68. The highest BCUT2D eigenvalue weighted by Gasteiger charge is 2.26. The lowest BCUT2D eigenvalue weighted by atomic mass is 10.1. The van der Waals surface area contributed by atoms with Gasteiger partial charge in [-0.15, -0.1) is 0 Å². The Labute approximate surface area is 77.2 Å². The van der Waals surface area contributed by atoms with Gasteiger partial charge in [-0.1, -0.05) is 0 Å². The van der Waals surface area contributed by atoms with E-state index in [9.17, 15) is 5.11 Å². The smallest absolute Gasteiger partial charge is 0.122 e. The van der Waals surface area contributed by atoms with E-state index in [0.29, 0.717) is 0 Å². The van der Waals surface area contributed by atoms with Crippen LogP contribution < -0.4 is 0 Å². The van der Waals surface area contributed by atoms with E-state index in [4.69, 9.17) is 4.74 Å². The van der Waals surface area contributed by atoms with Crippen LogP contribution in [0.5, 0.6) is 0 Å². The van der Waals surface area contributed by atoms with Crippen molar-refractivity contribution in [2.45, 2.75) is 25.0 Å². The summed E-state index contributed by atoms with van der Waals surface area (Å²) in [6, 6.07) is 0. The molecule has 2 atom stereocenters. The zero-order valence-corrected chi connectivity index (χ0v) is 7.68. The molecular weight excluding hydrogens is 168 g/mol. The van der Waals surface area contributed by atoms with Crippen LogP contribution in [0.25, 0.3) is 0 Å². The predicted molar refractivity (Wildman–Crippen MR) is 47.1 cm³/mol. The van der Waals surface area contributed by atoms with Gasteiger partial charge in [-0.05, 0) is 12.8 Å². The number of aryl methyl sites for hydroxylation is 1. The van der Waals surface area contributed by atoms with Crippen LogP contribution in [-0.4, -0.2) is 27.4 Å². The van der Waals surface area contributed by atoms with Gasteiger partial charge in [0.1, 0.15) is 6.10 Å². The average molecular weight is 182 g/mol. The third-order valence-corrected chi connectivity index (χ3v) is 2.47. The Morgan fingerprint density at radius 3 is 3.15 bits per heavy atom. The summed E-state index contributed by atoms with van der Waals surface area (Å²) in [5, 5.41) is 9.90. The molecule has 1 aromatic rings. The number of hydrogen-bond donors (Lipinski definition) is 1. The van der Waals surface area contributed by atoms with Crippen LogP contribution in [0.4, 0.5) is 0 Å². The summed E-state index contributed by atoms with van der Waals surface area (Å²) in [7, 11) is 1.88. The number of aromatic nitrogens is 2. The Hall–Kier alpha value is -0.870. The molecule has 2 unspecified atom stereocenters. The fraction of sp³-hybridized carbons (Fsp3) is 0.667. The average Bonchev–Trinajstić information content (AvgIpc) is 2.72. The van der Waals surface area contributed by atoms with Crippen molar-refractivity contribution in [2.75, 3.05) is 6.61 Å². The Kier molecular flexibility index (Phi) is 2.33. The quantitative estimate of drug-likeness (QED) is 0.729. The SMILES string of the molecule is Cn1cncc1C(O)C1CCCO1. The second-order valence-corrected chi connectivity index (χ2v) is 3.43. The molecule has 2 rings (SSSR count). The summed E-state index contributed by atoms with van der Waals surface area (Å²) in [6.07, 6.45) is 4.77. The topological polar surface area (TPSA) is 47.3 Å². The van der Waals surface area contributed by atoms with E-state index in [-0.39, 0.29) is 6.10 Å². The highest BCUT2D eigenvalue weighted by Crippen LogP contribution is 2.25. The van der Waals surface area contributed by atoms with Crippen molar-refractivity contribution in [2.24, 2.45) is 7.05 Å². The molecule has 1 fully saturated rings. The highest BCUT2D eigenvalue weighted by molar-refractivity contribution is 5.04. The second-order valence-electron chi connectivity index (χ2n) is 3.43. The second kappa shape index (κ2) is 3.47. The third-order valence-electron chi connectivity index (χ3n) is 2.47. The van der Waals surface area contributed by atoms with Gasteiger partial charge >= 0.3 is 0 Å². The van der Waals surface area contributed by atoms with Crippen molar-refractivity contribution in [1.29, 1.82) is 0 Å². The number of aliphatic hydroxyl groups is 1. The van der Waals surface area contributed by atoms with E-state index in [1.165, 1.54) is 0 Å². The monoisotopic (exact) mass is 182 g/mol. The molecule has 0 spiro atoms. The van der Waals surface area contributed by atoms with E-state index in [1.807, 2.05) is 11.6 Å². The summed E-state index contributed by atoms with van der Waals surface area (Å²) in [5.41, 5.74) is 0.826. The fourth-order valence-electron chi connectivity index (χ4n) is 1.69. The molecule has 4 nitrogen and oxygen atoms in total. The number of aliphatic hydroxyl groups excluding tert-OH is 1. The summed E-state index contributed by atoms with van der Waals surface area (Å²) < 4.78 is 7.23. The lowest BCUT2D eigenvalue weighted by Crippen LogP contribution is -2.19. The van der Waals surface area contributed by atoms with Crippen LogP contribution in [-0.2, 0) is 11.8 Å². The minimum Gasteiger partial charge on any atom is -0.384 e. The summed E-state index contributed by atoms with van der Waals surface area (Å²) in [4.78, 5) is 3.96. The van der Waals surface area contributed by atoms with E-state index < -0.39 is 6.10 Å². The summed E-state index contributed by atoms with van der Waals surface area (Å²) >= 11 is 0. The Morgan fingerprint density at radius 1 is 1.77 bits per heavy atom. The van der Waals surface area contributed by atoms with Crippen LogP contribution in [0.2, 0.25) is 0 Å². The molecule has 0 aromatic carbocycles. The van der Waals surface area contributed by atoms with Crippen molar-refractivity contribution in [3.05, 3.63) is 18.2 Å². The molecule has 1 aliphatic heterocycles. The largest absolute Gasteiger partial charge is 0.384 e. The Morgan fingerprint density at radius 2 is 2.62 bits per heavy atom. The van der Waals surface area contributed by atoms with Crippen molar-refractivity contribution in [1.82, 2.24) is 9.55 Å². The summed E-state index contributed by atoms with van der Waals surface area (Å²) in [6.45, 7) is 0.763. The van der Waals surface area contributed by atoms with Gasteiger partial charge < -0.3 is 14.4 Å². The predicted octanol–water partition coefficient (Wildman–Crippen LogP) is 0.632. The lowest BCUT2D eigenvalue weighted by molar-refractivity contribution is -0.00604. The molecule has 0 aliphatic carbocycles. The molecule has 13 heavy (non-hydrogen) atoms. The summed E-state index contributed by atoms with van der Waals surface area (Å²) in [5.74, 6) is 0. The van der Waals surface area contributed by atoms with Gasteiger partial charge in [0.2, 0.25) is 0 Å². The molecule has 0 amide bonds. The van der Waals surface area contributed by atoms with E-state index in [0.717, 1.165) is 25.1 Å². The Bertz CT molecular complexity index is 279. The first-order valence-electron chi connectivity index (χ1n) is 4.55. The first-order chi connectivity index (χ1) is 6.29. The molecule has 1 saturated heterocycles. The van der Waals surface area contributed by atoms with Gasteiger partial charge in [0.15, 0.2) is 0 Å². The van der Waals surface area contributed by atoms with Gasteiger partial charge in [0, 0.05) is 13.7 Å². The van der Waals surface area contributed by atoms with Gasteiger partial charge in [-0.3, -0.25) is 0 Å². The first-order valence-corrected chi connectivity index (χ1v) is 4.55. The lowest BCUT2D eigenvalue weighted by Gasteiger charge is -2.17. The molecule has 1 aliphatic rings. The van der Waals surface area contributed by atoms with Crippen LogP contribution in [0.15, 0.2) is 12.5 Å². The van der Waals surface area contributed by atoms with E-state index in [2.05, 4.69) is 4.98 Å². The van der Waals surface area contributed by atoms with Gasteiger partial charge in [-0.25, -0.2) is 4.98 Å². The number of ether oxygens (including phenoxy) is 1. The number of rotatable bonds is 2. The number of imidazole rings is 1. The molecule has 2 heterocycles. The molecular formula is C9H14N2O2. The molecule has 72 valence electrons. The van der Waals surface area contributed by atoms with Crippen LogP contribution in [0, 0.1) is 0 Å². The van der Waals surface area contributed by atoms with E-state index >= 15 is 0 Å².